The highest BCUT2D eigenvalue weighted by atomic mass is 16.6. The minimum Gasteiger partial charge on any atom is -0.468 e. The van der Waals surface area contributed by atoms with Gasteiger partial charge in [0.25, 0.3) is 0 Å². The van der Waals surface area contributed by atoms with E-state index in [-0.39, 0.29) is 12.0 Å². The highest BCUT2D eigenvalue weighted by Crippen LogP contribution is 2.12. The lowest BCUT2D eigenvalue weighted by molar-refractivity contribution is -0.144. The van der Waals surface area contributed by atoms with Gasteiger partial charge in [0.05, 0.1) is 13.2 Å². The predicted octanol–water partition coefficient (Wildman–Crippen LogP) is 0.805. The largest absolute Gasteiger partial charge is 0.468 e. The second-order valence-corrected chi connectivity index (χ2v) is 5.35. The van der Waals surface area contributed by atoms with Crippen LogP contribution in [0, 0.1) is 0 Å². The molecule has 0 aromatic rings. The summed E-state index contributed by atoms with van der Waals surface area (Å²) in [5.74, 6) is -0.365. The number of amides is 1. The first kappa shape index (κ1) is 14.8. The Bertz CT molecular complexity index is 312. The van der Waals surface area contributed by atoms with E-state index >= 15 is 0 Å². The van der Waals surface area contributed by atoms with E-state index in [4.69, 9.17) is 9.47 Å². The van der Waals surface area contributed by atoms with Crippen LogP contribution in [-0.2, 0) is 14.3 Å². The molecule has 1 amide bonds. The first-order valence-electron chi connectivity index (χ1n) is 6.14. The SMILES string of the molecule is COC(=O)C1NCCCC1NC(=O)OC(C)(C)C. The van der Waals surface area contributed by atoms with Crippen molar-refractivity contribution in [3.63, 3.8) is 0 Å². The number of alkyl carbamates (subject to hydrolysis) is 1. The minimum atomic E-state index is -0.549. The molecule has 1 rings (SSSR count). The Morgan fingerprint density at radius 3 is 2.56 bits per heavy atom. The van der Waals surface area contributed by atoms with Gasteiger partial charge in [0.2, 0.25) is 0 Å². The maximum absolute atomic E-state index is 11.7. The van der Waals surface area contributed by atoms with Gasteiger partial charge in [0.1, 0.15) is 11.6 Å². The number of ether oxygens (including phenoxy) is 2. The van der Waals surface area contributed by atoms with Crippen molar-refractivity contribution < 1.29 is 19.1 Å². The van der Waals surface area contributed by atoms with Crippen LogP contribution in [0.25, 0.3) is 0 Å². The van der Waals surface area contributed by atoms with E-state index in [0.29, 0.717) is 0 Å². The molecular formula is C12H22N2O4. The number of hydrogen-bond donors (Lipinski definition) is 2. The van der Waals surface area contributed by atoms with Gasteiger partial charge in [-0.3, -0.25) is 4.79 Å². The van der Waals surface area contributed by atoms with Crippen LogP contribution in [0.3, 0.4) is 0 Å². The highest BCUT2D eigenvalue weighted by molar-refractivity contribution is 5.78. The summed E-state index contributed by atoms with van der Waals surface area (Å²) >= 11 is 0. The van der Waals surface area contributed by atoms with Gasteiger partial charge in [-0.15, -0.1) is 0 Å². The monoisotopic (exact) mass is 258 g/mol. The average molecular weight is 258 g/mol. The van der Waals surface area contributed by atoms with Crippen LogP contribution in [-0.4, -0.2) is 43.4 Å². The summed E-state index contributed by atoms with van der Waals surface area (Å²) in [6, 6.07) is -0.794. The van der Waals surface area contributed by atoms with Crippen LogP contribution in [0.2, 0.25) is 0 Å². The Morgan fingerprint density at radius 1 is 1.33 bits per heavy atom. The summed E-state index contributed by atoms with van der Waals surface area (Å²) in [5, 5.41) is 5.76. The zero-order valence-corrected chi connectivity index (χ0v) is 11.4. The molecule has 0 radical (unpaired) electrons. The molecule has 0 aromatic carbocycles. The molecule has 2 unspecified atom stereocenters. The van der Waals surface area contributed by atoms with Crippen LogP contribution in [0.5, 0.6) is 0 Å². The van der Waals surface area contributed by atoms with Gasteiger partial charge >= 0.3 is 12.1 Å². The van der Waals surface area contributed by atoms with Crippen molar-refractivity contribution in [2.45, 2.75) is 51.3 Å². The molecule has 2 atom stereocenters. The van der Waals surface area contributed by atoms with Crippen molar-refractivity contribution in [3.8, 4) is 0 Å². The van der Waals surface area contributed by atoms with E-state index in [1.807, 2.05) is 0 Å². The Balaban J connectivity index is 2.57. The molecule has 0 aromatic heterocycles. The lowest BCUT2D eigenvalue weighted by Gasteiger charge is -2.31. The molecule has 0 bridgehead atoms. The van der Waals surface area contributed by atoms with Gasteiger partial charge < -0.3 is 20.1 Å². The Morgan fingerprint density at radius 2 is 2.00 bits per heavy atom. The van der Waals surface area contributed by atoms with Gasteiger partial charge in [0, 0.05) is 0 Å². The van der Waals surface area contributed by atoms with Gasteiger partial charge in [-0.05, 0) is 40.2 Å². The number of rotatable bonds is 2. The summed E-state index contributed by atoms with van der Waals surface area (Å²) in [7, 11) is 1.34. The average Bonchev–Trinajstić information content (AvgIpc) is 2.26. The number of nitrogens with one attached hydrogen (secondary N) is 2. The zero-order valence-electron chi connectivity index (χ0n) is 11.4. The smallest absolute Gasteiger partial charge is 0.407 e. The molecule has 0 aliphatic carbocycles. The van der Waals surface area contributed by atoms with Crippen LogP contribution < -0.4 is 10.6 Å². The molecule has 1 heterocycles. The molecule has 1 fully saturated rings. The first-order valence-corrected chi connectivity index (χ1v) is 6.14. The molecule has 0 spiro atoms. The Hall–Kier alpha value is -1.30. The van der Waals surface area contributed by atoms with Crippen LogP contribution >= 0.6 is 0 Å². The Labute approximate surface area is 107 Å². The van der Waals surface area contributed by atoms with Crippen molar-refractivity contribution in [2.75, 3.05) is 13.7 Å². The quantitative estimate of drug-likeness (QED) is 0.717. The third kappa shape index (κ3) is 4.52. The summed E-state index contributed by atoms with van der Waals surface area (Å²) in [5.41, 5.74) is -0.549. The lowest BCUT2D eigenvalue weighted by atomic mass is 9.99. The number of hydrogen-bond acceptors (Lipinski definition) is 5. The third-order valence-corrected chi connectivity index (χ3v) is 2.62. The van der Waals surface area contributed by atoms with E-state index < -0.39 is 17.7 Å². The molecule has 1 aliphatic rings. The molecule has 6 heteroatoms. The van der Waals surface area contributed by atoms with Crippen LogP contribution in [0.15, 0.2) is 0 Å². The van der Waals surface area contributed by atoms with Gasteiger partial charge in [-0.25, -0.2) is 4.79 Å². The second-order valence-electron chi connectivity index (χ2n) is 5.35. The predicted molar refractivity (Wildman–Crippen MR) is 66.2 cm³/mol. The van der Waals surface area contributed by atoms with Gasteiger partial charge in [-0.2, -0.15) is 0 Å². The number of piperidine rings is 1. The lowest BCUT2D eigenvalue weighted by Crippen LogP contribution is -2.57. The number of methoxy groups -OCH3 is 1. The zero-order chi connectivity index (χ0) is 13.8. The molecule has 6 nitrogen and oxygen atoms in total. The number of carbonyl (C=O) groups excluding carboxylic acids is 2. The fourth-order valence-corrected chi connectivity index (χ4v) is 1.88. The van der Waals surface area contributed by atoms with E-state index in [2.05, 4.69) is 10.6 Å². The molecule has 0 saturated carbocycles. The Kier molecular flexibility index (Phi) is 4.95. The number of carbonyl (C=O) groups is 2. The molecule has 18 heavy (non-hydrogen) atoms. The van der Waals surface area contributed by atoms with Crippen LogP contribution in [0.4, 0.5) is 4.79 Å². The maximum atomic E-state index is 11.7. The fourth-order valence-electron chi connectivity index (χ4n) is 1.88. The van der Waals surface area contributed by atoms with Crippen molar-refractivity contribution in [2.24, 2.45) is 0 Å². The summed E-state index contributed by atoms with van der Waals surface area (Å²) < 4.78 is 9.88. The second kappa shape index (κ2) is 6.04. The van der Waals surface area contributed by atoms with Gasteiger partial charge in [0.15, 0.2) is 0 Å². The molecule has 1 saturated heterocycles. The normalized spacial score (nSPS) is 24.2. The maximum Gasteiger partial charge on any atom is 0.407 e. The minimum absolute atomic E-state index is 0.291. The van der Waals surface area contributed by atoms with Crippen LogP contribution in [0.1, 0.15) is 33.6 Å². The van der Waals surface area contributed by atoms with Crippen molar-refractivity contribution >= 4 is 12.1 Å². The summed E-state index contributed by atoms with van der Waals surface area (Å²) in [6.45, 7) is 6.13. The van der Waals surface area contributed by atoms with Gasteiger partial charge in [-0.1, -0.05) is 0 Å². The van der Waals surface area contributed by atoms with E-state index in [9.17, 15) is 9.59 Å². The third-order valence-electron chi connectivity index (χ3n) is 2.62. The molecule has 104 valence electrons. The van der Waals surface area contributed by atoms with Crippen molar-refractivity contribution in [1.29, 1.82) is 0 Å². The summed E-state index contributed by atoms with van der Waals surface area (Å²) in [6.07, 6.45) is 1.12. The van der Waals surface area contributed by atoms with Crippen molar-refractivity contribution in [3.05, 3.63) is 0 Å². The highest BCUT2D eigenvalue weighted by Gasteiger charge is 2.33. The molecule has 2 N–H and O–H groups in total. The van der Waals surface area contributed by atoms with E-state index in [1.165, 1.54) is 7.11 Å². The molecule has 1 aliphatic heterocycles. The van der Waals surface area contributed by atoms with Crippen molar-refractivity contribution in [1.82, 2.24) is 10.6 Å². The first-order chi connectivity index (χ1) is 8.33. The van der Waals surface area contributed by atoms with E-state index in [1.54, 1.807) is 20.8 Å². The van der Waals surface area contributed by atoms with E-state index in [0.717, 1.165) is 19.4 Å². The summed E-state index contributed by atoms with van der Waals surface area (Å²) in [4.78, 5) is 23.2. The molecular weight excluding hydrogens is 236 g/mol. The standard InChI is InChI=1S/C12H22N2O4/c1-12(2,3)18-11(16)14-8-6-5-7-13-9(8)10(15)17-4/h8-9,13H,5-7H2,1-4H3,(H,14,16). The number of esters is 1. The topological polar surface area (TPSA) is 76.7 Å². The fraction of sp³-hybridized carbons (Fsp3) is 0.833.